The van der Waals surface area contributed by atoms with Gasteiger partial charge in [-0.25, -0.2) is 0 Å². The van der Waals surface area contributed by atoms with Gasteiger partial charge in [-0.15, -0.1) is 11.3 Å². The van der Waals surface area contributed by atoms with E-state index in [1.165, 1.54) is 146 Å². The highest BCUT2D eigenvalue weighted by Gasteiger charge is 2.58. The summed E-state index contributed by atoms with van der Waals surface area (Å²) in [5, 5.41) is 2.65. The Morgan fingerprint density at radius 3 is 1.75 bits per heavy atom. The highest BCUT2D eigenvalue weighted by Crippen LogP contribution is 2.63. The summed E-state index contributed by atoms with van der Waals surface area (Å²) in [4.78, 5) is 8.28. The molecule has 0 amide bonds. The van der Waals surface area contributed by atoms with Gasteiger partial charge in [0, 0.05) is 76.4 Å². The molecular weight excluding hydrogens is 938 g/mol. The molecule has 3 aliphatic heterocycles. The standard InChI is InChI=1S/C71H72BN3S/c1-66(2,3)43-29-34-56-53(37-43)70(12)35-18-19-36-71(70,13)75(56)47-40-60-65-61(41-47)74(57-25-20-24-52-64(57)50-22-14-16-23-51(50)69(52,10)11)59-39-45(68(7,8)9)28-33-55(59)72(65)54-32-27-44(67(4,5)6)38-58(54)73(60)46-30-31-49-48-21-15-17-26-62(48)76-63(49)42-46/h14-17,20-34,37-42H,18-19,35-36H2,1-13H3. The van der Waals surface area contributed by atoms with Crippen LogP contribution < -0.4 is 31.1 Å². The Balaban J connectivity index is 1.14. The lowest BCUT2D eigenvalue weighted by molar-refractivity contribution is 0.195. The Bertz CT molecular complexity index is 3950. The number of thiophene rings is 1. The molecule has 14 rings (SSSR count). The van der Waals surface area contributed by atoms with Crippen LogP contribution in [0.3, 0.4) is 0 Å². The van der Waals surface area contributed by atoms with Crippen molar-refractivity contribution in [3.63, 3.8) is 0 Å². The Labute approximate surface area is 456 Å². The highest BCUT2D eigenvalue weighted by molar-refractivity contribution is 7.25. The molecule has 5 aliphatic rings. The van der Waals surface area contributed by atoms with Gasteiger partial charge in [0.1, 0.15) is 0 Å². The molecule has 1 fully saturated rings. The predicted octanol–water partition coefficient (Wildman–Crippen LogP) is 18.1. The monoisotopic (exact) mass is 1010 g/mol. The number of hydrogen-bond donors (Lipinski definition) is 0. The molecule has 1 saturated carbocycles. The smallest absolute Gasteiger partial charge is 0.252 e. The lowest BCUT2D eigenvalue weighted by Crippen LogP contribution is -2.61. The summed E-state index contributed by atoms with van der Waals surface area (Å²) in [5.74, 6) is 0. The minimum absolute atomic E-state index is 0.0103. The van der Waals surface area contributed by atoms with Gasteiger partial charge >= 0.3 is 0 Å². The molecule has 8 aromatic carbocycles. The van der Waals surface area contributed by atoms with E-state index < -0.39 is 0 Å². The van der Waals surface area contributed by atoms with Crippen molar-refractivity contribution in [3.8, 4) is 11.1 Å². The van der Waals surface area contributed by atoms with Crippen molar-refractivity contribution in [1.29, 1.82) is 0 Å². The maximum Gasteiger partial charge on any atom is 0.252 e. The van der Waals surface area contributed by atoms with Crippen LogP contribution in [0.1, 0.15) is 149 Å². The highest BCUT2D eigenvalue weighted by atomic mass is 32.1. The molecule has 0 spiro atoms. The zero-order chi connectivity index (χ0) is 52.8. The van der Waals surface area contributed by atoms with E-state index in [9.17, 15) is 0 Å². The van der Waals surface area contributed by atoms with Crippen LogP contribution in [0.15, 0.2) is 152 Å². The zero-order valence-corrected chi connectivity index (χ0v) is 47.9. The Kier molecular flexibility index (Phi) is 9.94. The molecule has 3 nitrogen and oxygen atoms in total. The van der Waals surface area contributed by atoms with Crippen molar-refractivity contribution >= 4 is 100 Å². The maximum atomic E-state index is 2.85. The molecule has 1 aromatic heterocycles. The first kappa shape index (κ1) is 47.9. The first-order valence-corrected chi connectivity index (χ1v) is 29.1. The molecule has 2 aliphatic carbocycles. The summed E-state index contributed by atoms with van der Waals surface area (Å²) in [5.41, 5.74) is 24.9. The summed E-state index contributed by atoms with van der Waals surface area (Å²) in [6, 6.07) is 60.5. The van der Waals surface area contributed by atoms with Gasteiger partial charge in [0.25, 0.3) is 6.71 Å². The van der Waals surface area contributed by atoms with E-state index in [1.807, 2.05) is 11.3 Å². The molecule has 380 valence electrons. The average Bonchev–Trinajstić information content (AvgIpc) is 4.04. The minimum atomic E-state index is -0.162. The van der Waals surface area contributed by atoms with Crippen LogP contribution >= 0.6 is 11.3 Å². The van der Waals surface area contributed by atoms with Crippen LogP contribution in [-0.4, -0.2) is 12.3 Å². The fourth-order valence-electron chi connectivity index (χ4n) is 15.0. The van der Waals surface area contributed by atoms with Gasteiger partial charge in [-0.2, -0.15) is 0 Å². The van der Waals surface area contributed by atoms with Crippen molar-refractivity contribution in [3.05, 3.63) is 185 Å². The maximum absolute atomic E-state index is 2.85. The van der Waals surface area contributed by atoms with Crippen LogP contribution in [0.5, 0.6) is 0 Å². The van der Waals surface area contributed by atoms with Gasteiger partial charge in [0.15, 0.2) is 0 Å². The second-order valence-electron chi connectivity index (χ2n) is 27.3. The van der Waals surface area contributed by atoms with Crippen LogP contribution in [-0.2, 0) is 27.1 Å². The minimum Gasteiger partial charge on any atom is -0.334 e. The first-order chi connectivity index (χ1) is 36.1. The Morgan fingerprint density at radius 1 is 0.447 bits per heavy atom. The van der Waals surface area contributed by atoms with E-state index in [0.29, 0.717) is 0 Å². The number of benzene rings is 8. The van der Waals surface area contributed by atoms with E-state index in [-0.39, 0.29) is 39.3 Å². The third-order valence-corrected chi connectivity index (χ3v) is 20.6. The van der Waals surface area contributed by atoms with Gasteiger partial charge in [0.2, 0.25) is 0 Å². The van der Waals surface area contributed by atoms with E-state index in [1.54, 1.807) is 0 Å². The van der Waals surface area contributed by atoms with Crippen molar-refractivity contribution in [1.82, 2.24) is 0 Å². The van der Waals surface area contributed by atoms with Gasteiger partial charge in [-0.05, 0) is 146 Å². The third-order valence-electron chi connectivity index (χ3n) is 19.5. The summed E-state index contributed by atoms with van der Waals surface area (Å²) in [6.45, 7) is 31.4. The first-order valence-electron chi connectivity index (χ1n) is 28.2. The molecule has 4 heterocycles. The quantitative estimate of drug-likeness (QED) is 0.163. The number of nitrogens with zero attached hydrogens (tertiary/aromatic N) is 3. The largest absolute Gasteiger partial charge is 0.334 e. The molecule has 2 unspecified atom stereocenters. The summed E-state index contributed by atoms with van der Waals surface area (Å²) >= 11 is 1.91. The molecule has 0 N–H and O–H groups in total. The van der Waals surface area contributed by atoms with Crippen LogP contribution in [0.4, 0.5) is 45.5 Å². The molecular formula is C71H72BN3S. The summed E-state index contributed by atoms with van der Waals surface area (Å²) < 4.78 is 2.65. The van der Waals surface area contributed by atoms with E-state index >= 15 is 0 Å². The summed E-state index contributed by atoms with van der Waals surface area (Å²) in [6.07, 6.45) is 4.76. The normalized spacial score (nSPS) is 20.1. The van der Waals surface area contributed by atoms with Gasteiger partial charge < -0.3 is 14.7 Å². The molecule has 0 saturated heterocycles. The molecule has 5 heteroatoms. The predicted molar refractivity (Wildman–Crippen MR) is 330 cm³/mol. The number of fused-ring (bicyclic) bond motifs is 13. The zero-order valence-electron chi connectivity index (χ0n) is 47.1. The summed E-state index contributed by atoms with van der Waals surface area (Å²) in [7, 11) is 0. The molecule has 9 aromatic rings. The fraction of sp³-hybridized carbons (Fsp3) is 0.324. The fourth-order valence-corrected chi connectivity index (χ4v) is 16.1. The van der Waals surface area contributed by atoms with E-state index in [0.717, 1.165) is 6.42 Å². The number of hydrogen-bond acceptors (Lipinski definition) is 4. The average molecular weight is 1010 g/mol. The SMILES string of the molecule is CC(C)(C)c1ccc2c(c1)N(c1ccc3c(c1)sc1ccccc13)c1cc(N3c4ccc(C(C)(C)C)cc4C4(C)CCCCC34C)cc3c1B2c1ccc(C(C)(C)C)cc1N3c1cccc2c1-c1ccccc1C2(C)C. The van der Waals surface area contributed by atoms with Crippen molar-refractivity contribution in [2.75, 3.05) is 14.7 Å². The van der Waals surface area contributed by atoms with Crippen LogP contribution in [0.2, 0.25) is 0 Å². The van der Waals surface area contributed by atoms with Crippen molar-refractivity contribution < 1.29 is 0 Å². The van der Waals surface area contributed by atoms with Gasteiger partial charge in [-0.3, -0.25) is 0 Å². The second-order valence-corrected chi connectivity index (χ2v) is 28.4. The van der Waals surface area contributed by atoms with Crippen LogP contribution in [0.25, 0.3) is 31.3 Å². The third kappa shape index (κ3) is 6.54. The lowest BCUT2D eigenvalue weighted by atomic mass is 9.33. The Hall–Kier alpha value is -6.56. The molecule has 0 bridgehead atoms. The van der Waals surface area contributed by atoms with Crippen LogP contribution in [0, 0.1) is 0 Å². The second kappa shape index (κ2) is 15.8. The topological polar surface area (TPSA) is 9.72 Å². The van der Waals surface area contributed by atoms with Gasteiger partial charge in [0.05, 0.1) is 11.2 Å². The number of anilines is 8. The van der Waals surface area contributed by atoms with E-state index in [4.69, 9.17) is 0 Å². The Morgan fingerprint density at radius 2 is 1.04 bits per heavy atom. The lowest BCUT2D eigenvalue weighted by Gasteiger charge is -2.51. The van der Waals surface area contributed by atoms with Gasteiger partial charge in [-0.1, -0.05) is 193 Å². The number of rotatable bonds is 3. The van der Waals surface area contributed by atoms with Crippen molar-refractivity contribution in [2.24, 2.45) is 0 Å². The molecule has 0 radical (unpaired) electrons. The van der Waals surface area contributed by atoms with E-state index in [2.05, 4.69) is 256 Å². The molecule has 2 atom stereocenters. The van der Waals surface area contributed by atoms with Crippen molar-refractivity contribution in [2.45, 2.75) is 148 Å². The molecule has 76 heavy (non-hydrogen) atoms.